The van der Waals surface area contributed by atoms with Gasteiger partial charge in [0.15, 0.2) is 5.69 Å². The van der Waals surface area contributed by atoms with E-state index in [0.717, 1.165) is 5.56 Å². The average molecular weight is 284 g/mol. The van der Waals surface area contributed by atoms with Gasteiger partial charge in [-0.1, -0.05) is 12.1 Å². The molecule has 2 N–H and O–H groups in total. The van der Waals surface area contributed by atoms with Crippen LogP contribution < -0.4 is 5.73 Å². The fourth-order valence-corrected chi connectivity index (χ4v) is 1.93. The summed E-state index contributed by atoms with van der Waals surface area (Å²) in [6.45, 7) is 4.29. The number of aryl methyl sites for hydroxylation is 2. The van der Waals surface area contributed by atoms with E-state index in [1.54, 1.807) is 31.2 Å². The van der Waals surface area contributed by atoms with Crippen molar-refractivity contribution in [1.29, 1.82) is 5.26 Å². The Labute approximate surface area is 122 Å². The Morgan fingerprint density at radius 3 is 2.67 bits per heavy atom. The summed E-state index contributed by atoms with van der Waals surface area (Å²) < 4.78 is 6.80. The Balaban J connectivity index is 2.10. The Bertz CT molecular complexity index is 696. The maximum absolute atomic E-state index is 12.1. The molecule has 6 heteroatoms. The summed E-state index contributed by atoms with van der Waals surface area (Å²) in [6.07, 6.45) is 0. The number of aromatic nitrogens is 2. The summed E-state index contributed by atoms with van der Waals surface area (Å²) in [5.74, 6) is -0.501. The maximum atomic E-state index is 12.1. The first-order chi connectivity index (χ1) is 10.1. The highest BCUT2D eigenvalue weighted by Crippen LogP contribution is 2.18. The van der Waals surface area contributed by atoms with E-state index < -0.39 is 5.97 Å². The van der Waals surface area contributed by atoms with E-state index in [1.165, 1.54) is 4.68 Å². The van der Waals surface area contributed by atoms with Crippen LogP contribution in [0.25, 0.3) is 0 Å². The van der Waals surface area contributed by atoms with Gasteiger partial charge in [0, 0.05) is 6.54 Å². The predicted octanol–water partition coefficient (Wildman–Crippen LogP) is 2.02. The van der Waals surface area contributed by atoms with Crippen LogP contribution in [0.3, 0.4) is 0 Å². The van der Waals surface area contributed by atoms with E-state index in [0.29, 0.717) is 23.5 Å². The number of nitrogens with two attached hydrogens (primary N) is 1. The molecule has 1 aromatic carbocycles. The van der Waals surface area contributed by atoms with Gasteiger partial charge in [-0.3, -0.25) is 4.68 Å². The van der Waals surface area contributed by atoms with Crippen molar-refractivity contribution in [1.82, 2.24) is 9.78 Å². The molecule has 0 fully saturated rings. The Kier molecular flexibility index (Phi) is 4.24. The van der Waals surface area contributed by atoms with Crippen LogP contribution >= 0.6 is 0 Å². The molecule has 2 aromatic rings. The van der Waals surface area contributed by atoms with Crippen LogP contribution in [-0.4, -0.2) is 15.7 Å². The number of hydrogen-bond donors (Lipinski definition) is 1. The molecule has 0 aliphatic carbocycles. The van der Waals surface area contributed by atoms with Crippen LogP contribution in [0.15, 0.2) is 24.3 Å². The predicted molar refractivity (Wildman–Crippen MR) is 77.3 cm³/mol. The van der Waals surface area contributed by atoms with Gasteiger partial charge in [-0.2, -0.15) is 10.4 Å². The zero-order chi connectivity index (χ0) is 15.4. The lowest BCUT2D eigenvalue weighted by molar-refractivity contribution is 0.0459. The SMILES string of the molecule is CCn1nc(C)c(N)c1C(=O)OCc1ccc(C#N)cc1. The molecule has 1 heterocycles. The van der Waals surface area contributed by atoms with Gasteiger partial charge in [0.1, 0.15) is 6.61 Å². The van der Waals surface area contributed by atoms with Gasteiger partial charge in [0.05, 0.1) is 23.0 Å². The van der Waals surface area contributed by atoms with E-state index in [1.807, 2.05) is 13.0 Å². The standard InChI is InChI=1S/C15H16N4O2/c1-3-19-14(13(17)10(2)18-19)15(20)21-9-12-6-4-11(8-16)5-7-12/h4-7H,3,9,17H2,1-2H3. The Morgan fingerprint density at radius 2 is 2.10 bits per heavy atom. The van der Waals surface area contributed by atoms with Crippen molar-refractivity contribution in [3.8, 4) is 6.07 Å². The van der Waals surface area contributed by atoms with Gasteiger partial charge in [-0.25, -0.2) is 4.79 Å². The van der Waals surface area contributed by atoms with Gasteiger partial charge in [-0.05, 0) is 31.5 Å². The van der Waals surface area contributed by atoms with Crippen molar-refractivity contribution in [3.05, 3.63) is 46.8 Å². The third kappa shape index (κ3) is 3.03. The highest BCUT2D eigenvalue weighted by Gasteiger charge is 2.20. The van der Waals surface area contributed by atoms with Crippen LogP contribution in [0.5, 0.6) is 0 Å². The number of hydrogen-bond acceptors (Lipinski definition) is 5. The second-order valence-corrected chi connectivity index (χ2v) is 4.55. The van der Waals surface area contributed by atoms with Gasteiger partial charge in [-0.15, -0.1) is 0 Å². The van der Waals surface area contributed by atoms with Crippen LogP contribution in [0.1, 0.15) is 34.2 Å². The number of carbonyl (C=O) groups is 1. The largest absolute Gasteiger partial charge is 0.456 e. The quantitative estimate of drug-likeness (QED) is 0.867. The lowest BCUT2D eigenvalue weighted by Gasteiger charge is -2.07. The van der Waals surface area contributed by atoms with E-state index in [2.05, 4.69) is 5.10 Å². The van der Waals surface area contributed by atoms with Crippen LogP contribution in [0.4, 0.5) is 5.69 Å². The topological polar surface area (TPSA) is 93.9 Å². The van der Waals surface area contributed by atoms with Crippen LogP contribution in [-0.2, 0) is 17.9 Å². The molecule has 0 radical (unpaired) electrons. The minimum atomic E-state index is -0.501. The molecule has 0 bridgehead atoms. The Morgan fingerprint density at radius 1 is 1.43 bits per heavy atom. The number of carbonyl (C=O) groups excluding carboxylic acids is 1. The zero-order valence-corrected chi connectivity index (χ0v) is 12.0. The van der Waals surface area contributed by atoms with Crippen LogP contribution in [0, 0.1) is 18.3 Å². The minimum Gasteiger partial charge on any atom is -0.456 e. The Hall–Kier alpha value is -2.81. The molecule has 6 nitrogen and oxygen atoms in total. The number of rotatable bonds is 4. The molecular formula is C15H16N4O2. The smallest absolute Gasteiger partial charge is 0.359 e. The van der Waals surface area contributed by atoms with Crippen molar-refractivity contribution in [2.75, 3.05) is 5.73 Å². The molecule has 1 aromatic heterocycles. The fraction of sp³-hybridized carbons (Fsp3) is 0.267. The number of ether oxygens (including phenoxy) is 1. The van der Waals surface area contributed by atoms with E-state index >= 15 is 0 Å². The molecule has 0 unspecified atom stereocenters. The number of nitrogens with zero attached hydrogens (tertiary/aromatic N) is 3. The molecule has 2 rings (SSSR count). The van der Waals surface area contributed by atoms with Crippen molar-refractivity contribution in [3.63, 3.8) is 0 Å². The number of esters is 1. The van der Waals surface area contributed by atoms with E-state index in [9.17, 15) is 4.79 Å². The van der Waals surface area contributed by atoms with E-state index in [4.69, 9.17) is 15.7 Å². The molecule has 0 aliphatic heterocycles. The highest BCUT2D eigenvalue weighted by molar-refractivity contribution is 5.93. The normalized spacial score (nSPS) is 10.1. The summed E-state index contributed by atoms with van der Waals surface area (Å²) in [6, 6.07) is 8.89. The molecule has 0 spiro atoms. The van der Waals surface area contributed by atoms with Gasteiger partial charge in [0.2, 0.25) is 0 Å². The highest BCUT2D eigenvalue weighted by atomic mass is 16.5. The fourth-order valence-electron chi connectivity index (χ4n) is 1.93. The first-order valence-corrected chi connectivity index (χ1v) is 6.55. The van der Waals surface area contributed by atoms with Crippen molar-refractivity contribution in [2.45, 2.75) is 27.0 Å². The second-order valence-electron chi connectivity index (χ2n) is 4.55. The monoisotopic (exact) mass is 284 g/mol. The van der Waals surface area contributed by atoms with E-state index in [-0.39, 0.29) is 12.3 Å². The third-order valence-corrected chi connectivity index (χ3v) is 3.12. The second kappa shape index (κ2) is 6.09. The summed E-state index contributed by atoms with van der Waals surface area (Å²) in [5.41, 5.74) is 8.48. The van der Waals surface area contributed by atoms with Gasteiger partial charge < -0.3 is 10.5 Å². The zero-order valence-electron chi connectivity index (χ0n) is 12.0. The first kappa shape index (κ1) is 14.6. The average Bonchev–Trinajstić information content (AvgIpc) is 2.80. The summed E-state index contributed by atoms with van der Waals surface area (Å²) in [5, 5.41) is 12.9. The lowest BCUT2D eigenvalue weighted by Crippen LogP contribution is -2.14. The third-order valence-electron chi connectivity index (χ3n) is 3.12. The number of nitriles is 1. The van der Waals surface area contributed by atoms with Crippen LogP contribution in [0.2, 0.25) is 0 Å². The number of benzene rings is 1. The van der Waals surface area contributed by atoms with Crippen molar-refractivity contribution >= 4 is 11.7 Å². The molecule has 0 amide bonds. The minimum absolute atomic E-state index is 0.123. The van der Waals surface area contributed by atoms with Gasteiger partial charge >= 0.3 is 5.97 Å². The molecule has 0 atom stereocenters. The summed E-state index contributed by atoms with van der Waals surface area (Å²) in [7, 11) is 0. The molecular weight excluding hydrogens is 268 g/mol. The van der Waals surface area contributed by atoms with Gasteiger partial charge in [0.25, 0.3) is 0 Å². The maximum Gasteiger partial charge on any atom is 0.359 e. The number of anilines is 1. The lowest BCUT2D eigenvalue weighted by atomic mass is 10.2. The summed E-state index contributed by atoms with van der Waals surface area (Å²) >= 11 is 0. The molecule has 0 saturated heterocycles. The first-order valence-electron chi connectivity index (χ1n) is 6.55. The molecule has 108 valence electrons. The molecule has 0 saturated carbocycles. The number of nitrogen functional groups attached to an aromatic ring is 1. The molecule has 0 aliphatic rings. The summed E-state index contributed by atoms with van der Waals surface area (Å²) in [4.78, 5) is 12.1. The van der Waals surface area contributed by atoms with Crippen molar-refractivity contribution in [2.24, 2.45) is 0 Å². The van der Waals surface area contributed by atoms with Crippen molar-refractivity contribution < 1.29 is 9.53 Å². The molecule has 21 heavy (non-hydrogen) atoms.